The van der Waals surface area contributed by atoms with Crippen molar-refractivity contribution in [1.82, 2.24) is 14.8 Å². The molecule has 1 fully saturated rings. The van der Waals surface area contributed by atoms with Crippen molar-refractivity contribution in [2.24, 2.45) is 0 Å². The topological polar surface area (TPSA) is 70.6 Å². The average molecular weight is 410 g/mol. The van der Waals surface area contributed by atoms with Gasteiger partial charge in [-0.3, -0.25) is 14.7 Å². The van der Waals surface area contributed by atoms with Crippen LogP contribution in [0.1, 0.15) is 15.9 Å². The van der Waals surface area contributed by atoms with E-state index in [0.717, 1.165) is 36.8 Å². The Morgan fingerprint density at radius 1 is 0.966 bits per heavy atom. The summed E-state index contributed by atoms with van der Waals surface area (Å²) in [5.74, 6) is -0.0588. The van der Waals surface area contributed by atoms with Crippen LogP contribution in [0.2, 0.25) is 0 Å². The highest BCUT2D eigenvalue weighted by molar-refractivity contribution is 7.90. The molecule has 2 aromatic carbocycles. The fourth-order valence-electron chi connectivity index (χ4n) is 3.67. The third kappa shape index (κ3) is 4.31. The molecule has 4 rings (SSSR count). The maximum absolute atomic E-state index is 12.7. The first-order valence-electron chi connectivity index (χ1n) is 9.56. The Labute approximate surface area is 170 Å². The van der Waals surface area contributed by atoms with Crippen LogP contribution in [-0.2, 0) is 16.4 Å². The number of sulfone groups is 1. The van der Waals surface area contributed by atoms with E-state index in [1.807, 2.05) is 17.2 Å². The van der Waals surface area contributed by atoms with Crippen LogP contribution in [0.5, 0.6) is 0 Å². The second kappa shape index (κ2) is 7.93. The molecule has 6 nitrogen and oxygen atoms in total. The van der Waals surface area contributed by atoms with Crippen LogP contribution in [0.25, 0.3) is 10.9 Å². The summed E-state index contributed by atoms with van der Waals surface area (Å²) in [5, 5.41) is 1.14. The number of rotatable bonds is 4. The summed E-state index contributed by atoms with van der Waals surface area (Å²) >= 11 is 0. The minimum absolute atomic E-state index is 0.0588. The molecule has 29 heavy (non-hydrogen) atoms. The monoisotopic (exact) mass is 409 g/mol. The number of benzene rings is 2. The Bertz CT molecular complexity index is 1130. The molecule has 2 heterocycles. The molecule has 0 atom stereocenters. The zero-order valence-corrected chi connectivity index (χ0v) is 17.1. The van der Waals surface area contributed by atoms with E-state index in [1.54, 1.807) is 12.1 Å². The molecule has 1 amide bonds. The predicted molar refractivity (Wildman–Crippen MR) is 112 cm³/mol. The zero-order valence-electron chi connectivity index (χ0n) is 16.3. The van der Waals surface area contributed by atoms with Gasteiger partial charge in [0.25, 0.3) is 5.91 Å². The van der Waals surface area contributed by atoms with E-state index in [9.17, 15) is 13.2 Å². The largest absolute Gasteiger partial charge is 0.336 e. The number of pyridine rings is 1. The SMILES string of the molecule is CS(=O)(=O)c1ccc(C(=O)N2CCN(Cc3cccc4cccnc34)CC2)cc1. The highest BCUT2D eigenvalue weighted by Gasteiger charge is 2.23. The molecule has 1 aliphatic heterocycles. The molecule has 0 aliphatic carbocycles. The Morgan fingerprint density at radius 3 is 2.34 bits per heavy atom. The van der Waals surface area contributed by atoms with Gasteiger partial charge in [0.1, 0.15) is 0 Å². The van der Waals surface area contributed by atoms with Crippen molar-refractivity contribution < 1.29 is 13.2 Å². The summed E-state index contributed by atoms with van der Waals surface area (Å²) in [4.78, 5) is 21.7. The molecule has 0 spiro atoms. The lowest BCUT2D eigenvalue weighted by Crippen LogP contribution is -2.48. The van der Waals surface area contributed by atoms with E-state index in [0.29, 0.717) is 18.7 Å². The molecular formula is C22H23N3O3S. The summed E-state index contributed by atoms with van der Waals surface area (Å²) in [6.45, 7) is 3.67. The number of para-hydroxylation sites is 1. The lowest BCUT2D eigenvalue weighted by atomic mass is 10.1. The fourth-order valence-corrected chi connectivity index (χ4v) is 4.30. The number of fused-ring (bicyclic) bond motifs is 1. The second-order valence-corrected chi connectivity index (χ2v) is 9.37. The van der Waals surface area contributed by atoms with Crippen molar-refractivity contribution in [1.29, 1.82) is 0 Å². The first-order chi connectivity index (χ1) is 13.9. The van der Waals surface area contributed by atoms with Crippen molar-refractivity contribution in [2.45, 2.75) is 11.4 Å². The number of carbonyl (C=O) groups is 1. The molecule has 0 saturated carbocycles. The molecule has 7 heteroatoms. The Morgan fingerprint density at radius 2 is 1.66 bits per heavy atom. The van der Waals surface area contributed by atoms with Gasteiger partial charge < -0.3 is 4.90 Å². The van der Waals surface area contributed by atoms with E-state index in [1.165, 1.54) is 17.7 Å². The van der Waals surface area contributed by atoms with Gasteiger partial charge in [0, 0.05) is 56.1 Å². The molecule has 150 valence electrons. The smallest absolute Gasteiger partial charge is 0.253 e. The lowest BCUT2D eigenvalue weighted by Gasteiger charge is -2.35. The number of piperazine rings is 1. The van der Waals surface area contributed by atoms with Crippen molar-refractivity contribution >= 4 is 26.6 Å². The average Bonchev–Trinajstić information content (AvgIpc) is 2.73. The van der Waals surface area contributed by atoms with Gasteiger partial charge in [0.2, 0.25) is 0 Å². The molecule has 1 saturated heterocycles. The fraction of sp³-hybridized carbons (Fsp3) is 0.273. The van der Waals surface area contributed by atoms with Crippen LogP contribution < -0.4 is 0 Å². The van der Waals surface area contributed by atoms with Crippen LogP contribution in [0, 0.1) is 0 Å². The molecule has 0 unspecified atom stereocenters. The van der Waals surface area contributed by atoms with Gasteiger partial charge in [-0.15, -0.1) is 0 Å². The van der Waals surface area contributed by atoms with Crippen LogP contribution in [0.4, 0.5) is 0 Å². The van der Waals surface area contributed by atoms with E-state index in [-0.39, 0.29) is 10.8 Å². The number of carbonyl (C=O) groups excluding carboxylic acids is 1. The van der Waals surface area contributed by atoms with E-state index in [4.69, 9.17) is 0 Å². The Balaban J connectivity index is 1.39. The molecule has 0 radical (unpaired) electrons. The zero-order chi connectivity index (χ0) is 20.4. The summed E-state index contributed by atoms with van der Waals surface area (Å²) in [7, 11) is -3.26. The first kappa shape index (κ1) is 19.5. The highest BCUT2D eigenvalue weighted by atomic mass is 32.2. The highest BCUT2D eigenvalue weighted by Crippen LogP contribution is 2.19. The van der Waals surface area contributed by atoms with Gasteiger partial charge >= 0.3 is 0 Å². The van der Waals surface area contributed by atoms with Crippen molar-refractivity contribution in [3.63, 3.8) is 0 Å². The Hall–Kier alpha value is -2.77. The maximum Gasteiger partial charge on any atom is 0.253 e. The van der Waals surface area contributed by atoms with Crippen LogP contribution in [0.15, 0.2) is 65.7 Å². The van der Waals surface area contributed by atoms with Gasteiger partial charge in [-0.1, -0.05) is 24.3 Å². The maximum atomic E-state index is 12.7. The van der Waals surface area contributed by atoms with Gasteiger partial charge in [0.15, 0.2) is 9.84 Å². The minimum Gasteiger partial charge on any atom is -0.336 e. The second-order valence-electron chi connectivity index (χ2n) is 7.36. The number of hydrogen-bond donors (Lipinski definition) is 0. The molecule has 1 aliphatic rings. The van der Waals surface area contributed by atoms with E-state index >= 15 is 0 Å². The Kier molecular flexibility index (Phi) is 5.34. The number of hydrogen-bond acceptors (Lipinski definition) is 5. The van der Waals surface area contributed by atoms with Crippen molar-refractivity contribution in [3.05, 3.63) is 71.9 Å². The molecule has 1 aromatic heterocycles. The standard InChI is InChI=1S/C22H23N3O3S/c1-29(27,28)20-9-7-18(8-10-20)22(26)25-14-12-24(13-15-25)16-19-5-2-4-17-6-3-11-23-21(17)19/h2-11H,12-16H2,1H3. The number of amides is 1. The lowest BCUT2D eigenvalue weighted by molar-refractivity contribution is 0.0629. The minimum atomic E-state index is -3.26. The van der Waals surface area contributed by atoms with Crippen LogP contribution >= 0.6 is 0 Å². The van der Waals surface area contributed by atoms with Gasteiger partial charge in [-0.2, -0.15) is 0 Å². The van der Waals surface area contributed by atoms with Gasteiger partial charge in [-0.05, 0) is 35.9 Å². The molecular weight excluding hydrogens is 386 g/mol. The summed E-state index contributed by atoms with van der Waals surface area (Å²) in [5.41, 5.74) is 2.74. The van der Waals surface area contributed by atoms with Crippen LogP contribution in [0.3, 0.4) is 0 Å². The molecule has 0 bridgehead atoms. The molecule has 0 N–H and O–H groups in total. The van der Waals surface area contributed by atoms with Gasteiger partial charge in [0.05, 0.1) is 10.4 Å². The van der Waals surface area contributed by atoms with Gasteiger partial charge in [-0.25, -0.2) is 8.42 Å². The number of aromatic nitrogens is 1. The van der Waals surface area contributed by atoms with Crippen molar-refractivity contribution in [3.8, 4) is 0 Å². The van der Waals surface area contributed by atoms with E-state index in [2.05, 4.69) is 34.1 Å². The number of nitrogens with zero attached hydrogens (tertiary/aromatic N) is 3. The quantitative estimate of drug-likeness (QED) is 0.662. The van der Waals surface area contributed by atoms with E-state index < -0.39 is 9.84 Å². The summed E-state index contributed by atoms with van der Waals surface area (Å²) in [6.07, 6.45) is 2.98. The summed E-state index contributed by atoms with van der Waals surface area (Å²) < 4.78 is 23.2. The summed E-state index contributed by atoms with van der Waals surface area (Å²) in [6, 6.07) is 16.4. The normalized spacial score (nSPS) is 15.6. The third-order valence-corrected chi connectivity index (χ3v) is 6.43. The third-order valence-electron chi connectivity index (χ3n) is 5.30. The molecule has 3 aromatic rings. The first-order valence-corrected chi connectivity index (χ1v) is 11.5. The predicted octanol–water partition coefficient (Wildman–Crippen LogP) is 2.60. The van der Waals surface area contributed by atoms with Crippen molar-refractivity contribution in [2.75, 3.05) is 32.4 Å². The van der Waals surface area contributed by atoms with Crippen LogP contribution in [-0.4, -0.2) is 61.5 Å².